The zero-order valence-corrected chi connectivity index (χ0v) is 10.5. The van der Waals surface area contributed by atoms with Gasteiger partial charge in [-0.3, -0.25) is 0 Å². The van der Waals surface area contributed by atoms with Crippen molar-refractivity contribution in [1.29, 1.82) is 0 Å². The molecule has 92 valence electrons. The van der Waals surface area contributed by atoms with E-state index in [2.05, 4.69) is 13.8 Å². The molecule has 0 rings (SSSR count). The van der Waals surface area contributed by atoms with Gasteiger partial charge in [0.05, 0.1) is 0 Å². The minimum Gasteiger partial charge on any atom is -0.396 e. The van der Waals surface area contributed by atoms with Gasteiger partial charge in [0.25, 0.3) is 0 Å². The number of hydrogen-bond donors (Lipinski definition) is 2. The van der Waals surface area contributed by atoms with Gasteiger partial charge in [-0.25, -0.2) is 0 Å². The number of rotatable bonds is 9. The molecule has 3 nitrogen and oxygen atoms in total. The number of hydrogen-bond acceptors (Lipinski definition) is 3. The normalized spacial score (nSPS) is 15.6. The Kier molecular flexibility index (Phi) is 8.02. The molecule has 0 bridgehead atoms. The molecule has 0 aliphatic carbocycles. The third kappa shape index (κ3) is 6.13. The number of aliphatic hydroxyl groups is 1. The summed E-state index contributed by atoms with van der Waals surface area (Å²) >= 11 is 0. The van der Waals surface area contributed by atoms with Gasteiger partial charge in [-0.2, -0.15) is 0 Å². The molecule has 0 radical (unpaired) electrons. The first-order valence-electron chi connectivity index (χ1n) is 5.99. The molecule has 0 saturated carbocycles. The van der Waals surface area contributed by atoms with Crippen LogP contribution in [0.4, 0.5) is 0 Å². The highest BCUT2D eigenvalue weighted by Gasteiger charge is 2.28. The van der Waals surface area contributed by atoms with Crippen LogP contribution in [0.5, 0.6) is 0 Å². The molecule has 0 aromatic heterocycles. The molecule has 0 amide bonds. The third-order valence-electron chi connectivity index (χ3n) is 2.81. The molecule has 1 atom stereocenters. The summed E-state index contributed by atoms with van der Waals surface area (Å²) < 4.78 is 5.30. The lowest BCUT2D eigenvalue weighted by atomic mass is 9.77. The largest absolute Gasteiger partial charge is 0.396 e. The Hall–Kier alpha value is -0.120. The molecule has 0 heterocycles. The maximum atomic E-state index is 9.46. The second-order valence-electron chi connectivity index (χ2n) is 4.76. The SMILES string of the molecule is CCOCCCC(CN)(CO)CC(C)C. The van der Waals surface area contributed by atoms with Crippen molar-refractivity contribution in [3.63, 3.8) is 0 Å². The van der Waals surface area contributed by atoms with Crippen molar-refractivity contribution < 1.29 is 9.84 Å². The number of aliphatic hydroxyl groups excluding tert-OH is 1. The number of nitrogens with two attached hydrogens (primary N) is 1. The van der Waals surface area contributed by atoms with E-state index in [1.165, 1.54) is 0 Å². The van der Waals surface area contributed by atoms with Crippen LogP contribution in [0.1, 0.15) is 40.0 Å². The zero-order valence-electron chi connectivity index (χ0n) is 10.5. The zero-order chi connectivity index (χ0) is 11.7. The third-order valence-corrected chi connectivity index (χ3v) is 2.81. The monoisotopic (exact) mass is 217 g/mol. The quantitative estimate of drug-likeness (QED) is 0.579. The summed E-state index contributed by atoms with van der Waals surface area (Å²) in [7, 11) is 0. The summed E-state index contributed by atoms with van der Waals surface area (Å²) in [5.41, 5.74) is 5.69. The summed E-state index contributed by atoms with van der Waals surface area (Å²) in [4.78, 5) is 0. The van der Waals surface area contributed by atoms with Gasteiger partial charge in [0.2, 0.25) is 0 Å². The number of ether oxygens (including phenoxy) is 1. The minimum absolute atomic E-state index is 0.0920. The van der Waals surface area contributed by atoms with Crippen LogP contribution >= 0.6 is 0 Å². The lowest BCUT2D eigenvalue weighted by Crippen LogP contribution is -2.36. The highest BCUT2D eigenvalue weighted by Crippen LogP contribution is 2.30. The Bertz CT molecular complexity index is 145. The minimum atomic E-state index is -0.0920. The summed E-state index contributed by atoms with van der Waals surface area (Å²) in [6.07, 6.45) is 2.93. The van der Waals surface area contributed by atoms with Crippen molar-refractivity contribution in [3.8, 4) is 0 Å². The second kappa shape index (κ2) is 8.08. The Morgan fingerprint density at radius 1 is 1.40 bits per heavy atom. The predicted molar refractivity (Wildman–Crippen MR) is 63.8 cm³/mol. The van der Waals surface area contributed by atoms with Crippen LogP contribution in [0.15, 0.2) is 0 Å². The molecule has 0 spiro atoms. The summed E-state index contributed by atoms with van der Waals surface area (Å²) in [6, 6.07) is 0. The molecule has 0 saturated heterocycles. The first-order chi connectivity index (χ1) is 7.10. The highest BCUT2D eigenvalue weighted by molar-refractivity contribution is 4.80. The summed E-state index contributed by atoms with van der Waals surface area (Å²) in [5.74, 6) is 0.577. The maximum Gasteiger partial charge on any atom is 0.0499 e. The first kappa shape index (κ1) is 14.9. The molecule has 0 aliphatic heterocycles. The van der Waals surface area contributed by atoms with Gasteiger partial charge >= 0.3 is 0 Å². The van der Waals surface area contributed by atoms with Gasteiger partial charge in [0, 0.05) is 31.8 Å². The van der Waals surface area contributed by atoms with Crippen molar-refractivity contribution in [3.05, 3.63) is 0 Å². The van der Waals surface area contributed by atoms with E-state index in [0.717, 1.165) is 32.5 Å². The smallest absolute Gasteiger partial charge is 0.0499 e. The van der Waals surface area contributed by atoms with Crippen molar-refractivity contribution in [2.45, 2.75) is 40.0 Å². The van der Waals surface area contributed by atoms with Crippen LogP contribution in [0, 0.1) is 11.3 Å². The Balaban J connectivity index is 4.00. The molecule has 0 fully saturated rings. The van der Waals surface area contributed by atoms with E-state index in [0.29, 0.717) is 12.5 Å². The van der Waals surface area contributed by atoms with Gasteiger partial charge in [-0.1, -0.05) is 13.8 Å². The molecule has 0 aromatic rings. The fraction of sp³-hybridized carbons (Fsp3) is 1.00. The lowest BCUT2D eigenvalue weighted by molar-refractivity contribution is 0.0770. The molecule has 3 heteroatoms. The Labute approximate surface area is 94.0 Å². The highest BCUT2D eigenvalue weighted by atomic mass is 16.5. The topological polar surface area (TPSA) is 55.5 Å². The van der Waals surface area contributed by atoms with E-state index in [1.54, 1.807) is 0 Å². The summed E-state index contributed by atoms with van der Waals surface area (Å²) in [6.45, 7) is 8.62. The lowest BCUT2D eigenvalue weighted by Gasteiger charge is -2.32. The van der Waals surface area contributed by atoms with Gasteiger partial charge in [-0.15, -0.1) is 0 Å². The Morgan fingerprint density at radius 2 is 2.07 bits per heavy atom. The molecule has 1 unspecified atom stereocenters. The van der Waals surface area contributed by atoms with Gasteiger partial charge in [0.15, 0.2) is 0 Å². The fourth-order valence-corrected chi connectivity index (χ4v) is 2.06. The van der Waals surface area contributed by atoms with Gasteiger partial charge in [-0.05, 0) is 32.1 Å². The van der Waals surface area contributed by atoms with E-state index in [9.17, 15) is 5.11 Å². The molecular weight excluding hydrogens is 190 g/mol. The van der Waals surface area contributed by atoms with E-state index < -0.39 is 0 Å². The van der Waals surface area contributed by atoms with E-state index in [1.807, 2.05) is 6.92 Å². The van der Waals surface area contributed by atoms with Crippen molar-refractivity contribution in [2.24, 2.45) is 17.1 Å². The van der Waals surface area contributed by atoms with Crippen LogP contribution in [0.25, 0.3) is 0 Å². The molecule has 15 heavy (non-hydrogen) atoms. The van der Waals surface area contributed by atoms with Crippen LogP contribution in [0.2, 0.25) is 0 Å². The van der Waals surface area contributed by atoms with E-state index in [-0.39, 0.29) is 12.0 Å². The molecule has 0 aromatic carbocycles. The van der Waals surface area contributed by atoms with Gasteiger partial charge in [0.1, 0.15) is 0 Å². The Morgan fingerprint density at radius 3 is 2.47 bits per heavy atom. The standard InChI is InChI=1S/C12H27NO2/c1-4-15-7-5-6-12(9-13,10-14)8-11(2)3/h11,14H,4-10,13H2,1-3H3. The predicted octanol–water partition coefficient (Wildman–Crippen LogP) is 1.79. The van der Waals surface area contributed by atoms with Crippen molar-refractivity contribution >= 4 is 0 Å². The van der Waals surface area contributed by atoms with Crippen molar-refractivity contribution in [2.75, 3.05) is 26.4 Å². The van der Waals surface area contributed by atoms with Crippen LogP contribution in [-0.2, 0) is 4.74 Å². The second-order valence-corrected chi connectivity index (χ2v) is 4.76. The molecular formula is C12H27NO2. The van der Waals surface area contributed by atoms with Crippen molar-refractivity contribution in [1.82, 2.24) is 0 Å². The first-order valence-corrected chi connectivity index (χ1v) is 5.99. The van der Waals surface area contributed by atoms with E-state index >= 15 is 0 Å². The average molecular weight is 217 g/mol. The molecule has 0 aliphatic rings. The summed E-state index contributed by atoms with van der Waals surface area (Å²) in [5, 5.41) is 9.46. The van der Waals surface area contributed by atoms with E-state index in [4.69, 9.17) is 10.5 Å². The average Bonchev–Trinajstić information content (AvgIpc) is 2.22. The maximum absolute atomic E-state index is 9.46. The van der Waals surface area contributed by atoms with Crippen LogP contribution in [0.3, 0.4) is 0 Å². The van der Waals surface area contributed by atoms with Crippen LogP contribution in [-0.4, -0.2) is 31.5 Å². The van der Waals surface area contributed by atoms with Crippen LogP contribution < -0.4 is 5.73 Å². The van der Waals surface area contributed by atoms with Gasteiger partial charge < -0.3 is 15.6 Å². The fourth-order valence-electron chi connectivity index (χ4n) is 2.06. The molecule has 3 N–H and O–H groups in total.